The fraction of sp³-hybridized carbons (Fsp3) is 0.500. The van der Waals surface area contributed by atoms with Crippen LogP contribution in [0.5, 0.6) is 0 Å². The molecule has 1 aliphatic carbocycles. The van der Waals surface area contributed by atoms with Crippen LogP contribution in [0.15, 0.2) is 30.3 Å². The number of hydrogen-bond acceptors (Lipinski definition) is 3. The van der Waals surface area contributed by atoms with Gasteiger partial charge in [-0.25, -0.2) is 0 Å². The van der Waals surface area contributed by atoms with Gasteiger partial charge in [-0.15, -0.1) is 11.3 Å². The van der Waals surface area contributed by atoms with Crippen molar-refractivity contribution in [2.45, 2.75) is 24.8 Å². The van der Waals surface area contributed by atoms with Gasteiger partial charge in [-0.05, 0) is 48.6 Å². The third kappa shape index (κ3) is 2.01. The molecular weight excluding hydrogens is 292 g/mol. The molecule has 1 N–H and O–H groups in total. The molecule has 114 valence electrons. The highest BCUT2D eigenvalue weighted by atomic mass is 32.1. The minimum absolute atomic E-state index is 0.0390. The monoisotopic (exact) mass is 312 g/mol. The van der Waals surface area contributed by atoms with E-state index < -0.39 is 0 Å². The number of amides is 1. The van der Waals surface area contributed by atoms with Gasteiger partial charge in [0.1, 0.15) is 0 Å². The lowest BCUT2D eigenvalue weighted by Crippen LogP contribution is -2.68. The summed E-state index contributed by atoms with van der Waals surface area (Å²) in [5, 5.41) is 4.60. The Morgan fingerprint density at radius 2 is 2.00 bits per heavy atom. The third-order valence-electron chi connectivity index (χ3n) is 5.61. The maximum atomic E-state index is 12.8. The zero-order chi connectivity index (χ0) is 14.7. The van der Waals surface area contributed by atoms with Crippen molar-refractivity contribution in [1.29, 1.82) is 0 Å². The number of nitrogens with one attached hydrogen (secondary N) is 1. The van der Waals surface area contributed by atoms with E-state index in [1.807, 2.05) is 18.2 Å². The SMILES string of the molecule is O=C(NC12CC3CC(CN(C3)C1)C2)c1cc2ccccc2s1. The smallest absolute Gasteiger partial charge is 0.261 e. The second-order valence-electron chi connectivity index (χ2n) is 7.45. The van der Waals surface area contributed by atoms with Gasteiger partial charge in [0.15, 0.2) is 0 Å². The largest absolute Gasteiger partial charge is 0.345 e. The van der Waals surface area contributed by atoms with Crippen molar-refractivity contribution in [3.63, 3.8) is 0 Å². The highest BCUT2D eigenvalue weighted by molar-refractivity contribution is 7.20. The summed E-state index contributed by atoms with van der Waals surface area (Å²) >= 11 is 1.61. The fourth-order valence-electron chi connectivity index (χ4n) is 5.13. The number of hydrogen-bond donors (Lipinski definition) is 1. The highest BCUT2D eigenvalue weighted by Crippen LogP contribution is 2.45. The van der Waals surface area contributed by atoms with Crippen molar-refractivity contribution >= 4 is 27.3 Å². The average Bonchev–Trinajstić information content (AvgIpc) is 2.89. The summed E-state index contributed by atoms with van der Waals surface area (Å²) < 4.78 is 1.20. The molecule has 3 saturated heterocycles. The molecule has 4 bridgehead atoms. The van der Waals surface area contributed by atoms with Crippen LogP contribution in [0.2, 0.25) is 0 Å². The molecule has 2 aromatic rings. The van der Waals surface area contributed by atoms with Crippen LogP contribution in [0.4, 0.5) is 0 Å². The van der Waals surface area contributed by atoms with Crippen LogP contribution in [0.3, 0.4) is 0 Å². The highest BCUT2D eigenvalue weighted by Gasteiger charge is 2.50. The maximum Gasteiger partial charge on any atom is 0.261 e. The van der Waals surface area contributed by atoms with E-state index in [0.717, 1.165) is 23.3 Å². The standard InChI is InChI=1S/C18H20N2OS/c21-17(16-6-14-3-1-2-4-15(14)22-16)19-18-7-12-5-13(8-18)10-20(9-12)11-18/h1-4,6,12-13H,5,7-11H2,(H,19,21). The Balaban J connectivity index is 1.42. The lowest BCUT2D eigenvalue weighted by Gasteiger charge is -2.58. The first-order chi connectivity index (χ1) is 10.7. The number of nitrogens with zero attached hydrogens (tertiary/aromatic N) is 1. The van der Waals surface area contributed by atoms with Crippen molar-refractivity contribution in [3.8, 4) is 0 Å². The number of rotatable bonds is 2. The molecule has 4 heterocycles. The summed E-state index contributed by atoms with van der Waals surface area (Å²) in [5.41, 5.74) is 0.0390. The van der Waals surface area contributed by atoms with Crippen LogP contribution < -0.4 is 5.32 Å². The van der Waals surface area contributed by atoms with Crippen LogP contribution in [-0.2, 0) is 0 Å². The summed E-state index contributed by atoms with van der Waals surface area (Å²) in [6.07, 6.45) is 3.73. The molecule has 2 unspecified atom stereocenters. The quantitative estimate of drug-likeness (QED) is 0.924. The van der Waals surface area contributed by atoms with Gasteiger partial charge in [-0.3, -0.25) is 4.79 Å². The molecule has 4 heteroatoms. The van der Waals surface area contributed by atoms with Crippen molar-refractivity contribution < 1.29 is 4.79 Å². The van der Waals surface area contributed by atoms with Gasteiger partial charge in [0.25, 0.3) is 5.91 Å². The second kappa shape index (κ2) is 4.56. The third-order valence-corrected chi connectivity index (χ3v) is 6.73. The summed E-state index contributed by atoms with van der Waals surface area (Å²) in [4.78, 5) is 16.2. The summed E-state index contributed by atoms with van der Waals surface area (Å²) in [5.74, 6) is 1.72. The molecule has 2 atom stereocenters. The van der Waals surface area contributed by atoms with Crippen molar-refractivity contribution in [2.24, 2.45) is 11.8 Å². The Morgan fingerprint density at radius 1 is 1.23 bits per heavy atom. The van der Waals surface area contributed by atoms with E-state index in [1.165, 1.54) is 42.4 Å². The van der Waals surface area contributed by atoms with Gasteiger partial charge < -0.3 is 10.2 Å². The van der Waals surface area contributed by atoms with Crippen LogP contribution in [-0.4, -0.2) is 36.0 Å². The molecule has 1 amide bonds. The topological polar surface area (TPSA) is 32.3 Å². The average molecular weight is 312 g/mol. The van der Waals surface area contributed by atoms with Crippen molar-refractivity contribution in [1.82, 2.24) is 10.2 Å². The maximum absolute atomic E-state index is 12.8. The lowest BCUT2D eigenvalue weighted by atomic mass is 9.64. The summed E-state index contributed by atoms with van der Waals surface area (Å²) in [6, 6.07) is 10.3. The molecule has 6 rings (SSSR count). The first kappa shape index (κ1) is 13.1. The Labute approximate surface area is 134 Å². The van der Waals surface area contributed by atoms with E-state index >= 15 is 0 Å². The van der Waals surface area contributed by atoms with E-state index in [9.17, 15) is 4.79 Å². The minimum atomic E-state index is 0.0390. The first-order valence-corrected chi connectivity index (χ1v) is 9.04. The fourth-order valence-corrected chi connectivity index (χ4v) is 6.09. The normalized spacial score (nSPS) is 35.9. The van der Waals surface area contributed by atoms with Gasteiger partial charge in [0.05, 0.1) is 10.4 Å². The van der Waals surface area contributed by atoms with Crippen molar-refractivity contribution in [3.05, 3.63) is 35.2 Å². The zero-order valence-electron chi connectivity index (χ0n) is 12.5. The Hall–Kier alpha value is -1.39. The van der Waals surface area contributed by atoms with E-state index in [0.29, 0.717) is 0 Å². The van der Waals surface area contributed by atoms with Gasteiger partial charge in [0, 0.05) is 24.3 Å². The number of fused-ring (bicyclic) bond motifs is 1. The van der Waals surface area contributed by atoms with Gasteiger partial charge >= 0.3 is 0 Å². The molecule has 4 aliphatic rings. The van der Waals surface area contributed by atoms with Gasteiger partial charge in [-0.2, -0.15) is 0 Å². The summed E-state index contributed by atoms with van der Waals surface area (Å²) in [6.45, 7) is 3.55. The molecule has 3 aliphatic heterocycles. The zero-order valence-corrected chi connectivity index (χ0v) is 13.4. The van der Waals surface area contributed by atoms with Crippen molar-refractivity contribution in [2.75, 3.05) is 19.6 Å². The lowest BCUT2D eigenvalue weighted by molar-refractivity contribution is -0.0460. The second-order valence-corrected chi connectivity index (χ2v) is 8.54. The molecule has 1 saturated carbocycles. The molecule has 3 nitrogen and oxygen atoms in total. The van der Waals surface area contributed by atoms with Crippen LogP contribution in [0.1, 0.15) is 28.9 Å². The molecule has 4 fully saturated rings. The van der Waals surface area contributed by atoms with E-state index in [2.05, 4.69) is 22.3 Å². The van der Waals surface area contributed by atoms with Crippen LogP contribution in [0.25, 0.3) is 10.1 Å². The molecule has 0 spiro atoms. The number of carbonyl (C=O) groups excluding carboxylic acids is 1. The summed E-state index contributed by atoms with van der Waals surface area (Å²) in [7, 11) is 0. The predicted molar refractivity (Wildman–Crippen MR) is 89.3 cm³/mol. The number of benzene rings is 1. The van der Waals surface area contributed by atoms with E-state index in [-0.39, 0.29) is 11.4 Å². The Morgan fingerprint density at radius 3 is 2.73 bits per heavy atom. The van der Waals surface area contributed by atoms with Gasteiger partial charge in [0.2, 0.25) is 0 Å². The van der Waals surface area contributed by atoms with Gasteiger partial charge in [-0.1, -0.05) is 18.2 Å². The Kier molecular flexibility index (Phi) is 2.71. The number of carbonyl (C=O) groups is 1. The number of piperidine rings is 3. The molecule has 1 aromatic carbocycles. The Bertz CT molecular complexity index is 682. The van der Waals surface area contributed by atoms with E-state index in [1.54, 1.807) is 11.3 Å². The molecule has 22 heavy (non-hydrogen) atoms. The van der Waals surface area contributed by atoms with E-state index in [4.69, 9.17) is 0 Å². The van der Waals surface area contributed by atoms with Crippen LogP contribution in [0, 0.1) is 11.8 Å². The minimum Gasteiger partial charge on any atom is -0.345 e. The molecule has 1 aromatic heterocycles. The number of thiophene rings is 1. The molecule has 0 radical (unpaired) electrons. The predicted octanol–water partition coefficient (Wildman–Crippen LogP) is 3.12. The molecular formula is C18H20N2OS. The van der Waals surface area contributed by atoms with Crippen LogP contribution >= 0.6 is 11.3 Å². The first-order valence-electron chi connectivity index (χ1n) is 8.23.